The van der Waals surface area contributed by atoms with Gasteiger partial charge < -0.3 is 4.74 Å². The number of hydrogen-bond acceptors (Lipinski definition) is 1. The molecule has 0 spiro atoms. The molecule has 2 aliphatic rings. The summed E-state index contributed by atoms with van der Waals surface area (Å²) in [5, 5.41) is 0. The van der Waals surface area contributed by atoms with Crippen LogP contribution in [0.15, 0.2) is 0 Å². The molecule has 2 rings (SSSR count). The van der Waals surface area contributed by atoms with E-state index in [1.807, 2.05) is 0 Å². The van der Waals surface area contributed by atoms with Gasteiger partial charge in [0.1, 0.15) is 0 Å². The van der Waals surface area contributed by atoms with E-state index in [1.54, 1.807) is 0 Å². The lowest BCUT2D eigenvalue weighted by atomic mass is 10.0. The van der Waals surface area contributed by atoms with Crippen LogP contribution in [0.3, 0.4) is 0 Å². The molecule has 0 aromatic rings. The Bertz CT molecular complexity index is 179. The van der Waals surface area contributed by atoms with Crippen LogP contribution in [0.25, 0.3) is 0 Å². The molecule has 0 aromatic carbocycles. The summed E-state index contributed by atoms with van der Waals surface area (Å²) < 4.78 is 5.68. The van der Waals surface area contributed by atoms with Crippen molar-refractivity contribution in [2.75, 3.05) is 13.2 Å². The fourth-order valence-electron chi connectivity index (χ4n) is 2.23. The first-order valence-electron chi connectivity index (χ1n) is 6.70. The molecule has 1 heteroatoms. The van der Waals surface area contributed by atoms with E-state index in [0.717, 1.165) is 13.2 Å². The number of rotatable bonds is 8. The second kappa shape index (κ2) is 4.45. The molecule has 0 heterocycles. The van der Waals surface area contributed by atoms with Gasteiger partial charge in [0, 0.05) is 13.2 Å². The second-order valence-electron chi connectivity index (χ2n) is 6.44. The van der Waals surface area contributed by atoms with Gasteiger partial charge in [-0.1, -0.05) is 13.8 Å². The topological polar surface area (TPSA) is 9.23 Å². The Kier molecular flexibility index (Phi) is 3.39. The van der Waals surface area contributed by atoms with E-state index in [1.165, 1.54) is 51.4 Å². The van der Waals surface area contributed by atoms with Gasteiger partial charge >= 0.3 is 0 Å². The van der Waals surface area contributed by atoms with Crippen molar-refractivity contribution < 1.29 is 4.74 Å². The van der Waals surface area contributed by atoms with Crippen molar-refractivity contribution in [2.45, 2.75) is 65.2 Å². The summed E-state index contributed by atoms with van der Waals surface area (Å²) in [5.41, 5.74) is 1.43. The molecule has 0 amide bonds. The fourth-order valence-corrected chi connectivity index (χ4v) is 2.23. The van der Waals surface area contributed by atoms with Gasteiger partial charge in [0.15, 0.2) is 0 Å². The average molecular weight is 210 g/mol. The Labute approximate surface area is 94.6 Å². The summed E-state index contributed by atoms with van der Waals surface area (Å²) in [6.45, 7) is 6.79. The second-order valence-corrected chi connectivity index (χ2v) is 6.44. The van der Waals surface area contributed by atoms with Crippen molar-refractivity contribution in [1.29, 1.82) is 0 Å². The Balaban J connectivity index is 1.36. The highest BCUT2D eigenvalue weighted by Gasteiger charge is 2.36. The Morgan fingerprint density at radius 2 is 1.20 bits per heavy atom. The van der Waals surface area contributed by atoms with Gasteiger partial charge in [0.2, 0.25) is 0 Å². The third-order valence-corrected chi connectivity index (χ3v) is 4.35. The Morgan fingerprint density at radius 1 is 0.800 bits per heavy atom. The number of hydrogen-bond donors (Lipinski definition) is 0. The van der Waals surface area contributed by atoms with E-state index in [4.69, 9.17) is 4.74 Å². The van der Waals surface area contributed by atoms with Crippen molar-refractivity contribution >= 4 is 0 Å². The minimum Gasteiger partial charge on any atom is -0.381 e. The molecular formula is C14H26O. The van der Waals surface area contributed by atoms with Crippen molar-refractivity contribution in [3.05, 3.63) is 0 Å². The van der Waals surface area contributed by atoms with Crippen LogP contribution in [-0.4, -0.2) is 13.2 Å². The zero-order valence-corrected chi connectivity index (χ0v) is 10.5. The largest absolute Gasteiger partial charge is 0.381 e. The smallest absolute Gasteiger partial charge is 0.0466 e. The zero-order valence-electron chi connectivity index (χ0n) is 10.5. The monoisotopic (exact) mass is 210 g/mol. The van der Waals surface area contributed by atoms with Crippen LogP contribution in [0.5, 0.6) is 0 Å². The molecule has 0 unspecified atom stereocenters. The lowest BCUT2D eigenvalue weighted by Crippen LogP contribution is -2.02. The molecule has 0 saturated heterocycles. The van der Waals surface area contributed by atoms with Crippen LogP contribution in [0.1, 0.15) is 65.2 Å². The summed E-state index contributed by atoms with van der Waals surface area (Å²) in [5.74, 6) is 0. The van der Waals surface area contributed by atoms with Crippen LogP contribution in [0, 0.1) is 10.8 Å². The van der Waals surface area contributed by atoms with E-state index in [2.05, 4.69) is 13.8 Å². The van der Waals surface area contributed by atoms with Crippen molar-refractivity contribution in [2.24, 2.45) is 10.8 Å². The van der Waals surface area contributed by atoms with E-state index in [-0.39, 0.29) is 0 Å². The molecule has 1 nitrogen and oxygen atoms in total. The van der Waals surface area contributed by atoms with Crippen LogP contribution in [-0.2, 0) is 4.74 Å². The maximum atomic E-state index is 5.68. The molecule has 2 aliphatic carbocycles. The summed E-state index contributed by atoms with van der Waals surface area (Å²) >= 11 is 0. The molecule has 0 aromatic heterocycles. The van der Waals surface area contributed by atoms with Crippen molar-refractivity contribution in [1.82, 2.24) is 0 Å². The van der Waals surface area contributed by atoms with E-state index in [0.29, 0.717) is 10.8 Å². The molecule has 0 N–H and O–H groups in total. The predicted molar refractivity (Wildman–Crippen MR) is 64.0 cm³/mol. The average Bonchev–Trinajstić information content (AvgIpc) is 3.08. The van der Waals surface area contributed by atoms with Crippen LogP contribution in [0.4, 0.5) is 0 Å². The lowest BCUT2D eigenvalue weighted by molar-refractivity contribution is 0.119. The normalized spacial score (nSPS) is 25.2. The summed E-state index contributed by atoms with van der Waals surface area (Å²) in [7, 11) is 0. The number of ether oxygens (including phenoxy) is 1. The molecule has 2 fully saturated rings. The molecule has 88 valence electrons. The van der Waals surface area contributed by atoms with Crippen LogP contribution < -0.4 is 0 Å². The first kappa shape index (κ1) is 11.4. The van der Waals surface area contributed by atoms with Gasteiger partial charge in [-0.2, -0.15) is 0 Å². The van der Waals surface area contributed by atoms with Crippen LogP contribution >= 0.6 is 0 Å². The third-order valence-electron chi connectivity index (χ3n) is 4.35. The van der Waals surface area contributed by atoms with E-state index in [9.17, 15) is 0 Å². The first-order chi connectivity index (χ1) is 7.12. The summed E-state index contributed by atoms with van der Waals surface area (Å²) in [6, 6.07) is 0. The highest BCUT2D eigenvalue weighted by Crippen LogP contribution is 2.49. The van der Waals surface area contributed by atoms with E-state index >= 15 is 0 Å². The maximum Gasteiger partial charge on any atom is 0.0466 e. The minimum absolute atomic E-state index is 0.713. The van der Waals surface area contributed by atoms with Gasteiger partial charge in [0.05, 0.1) is 0 Å². The minimum atomic E-state index is 0.713. The third kappa shape index (κ3) is 4.14. The molecule has 0 radical (unpaired) electrons. The fraction of sp³-hybridized carbons (Fsp3) is 1.00. The molecule has 0 bridgehead atoms. The molecular weight excluding hydrogens is 184 g/mol. The van der Waals surface area contributed by atoms with Gasteiger partial charge in [-0.05, 0) is 62.2 Å². The van der Waals surface area contributed by atoms with Crippen molar-refractivity contribution in [3.8, 4) is 0 Å². The highest BCUT2D eigenvalue weighted by atomic mass is 16.5. The van der Waals surface area contributed by atoms with Gasteiger partial charge in [-0.25, -0.2) is 0 Å². The Morgan fingerprint density at radius 3 is 1.53 bits per heavy atom. The van der Waals surface area contributed by atoms with Crippen LogP contribution in [0.2, 0.25) is 0 Å². The van der Waals surface area contributed by atoms with Gasteiger partial charge in [0.25, 0.3) is 0 Å². The summed E-state index contributed by atoms with van der Waals surface area (Å²) in [4.78, 5) is 0. The Hall–Kier alpha value is -0.0400. The molecule has 0 aliphatic heterocycles. The SMILES string of the molecule is CC1(CCCOCCCC2(C)CC2)CC1. The standard InChI is InChI=1S/C14H26O/c1-13(7-8-13)5-3-11-15-12-4-6-14(2)9-10-14/h3-12H2,1-2H3. The lowest BCUT2D eigenvalue weighted by Gasteiger charge is -2.09. The first-order valence-corrected chi connectivity index (χ1v) is 6.70. The van der Waals surface area contributed by atoms with E-state index < -0.39 is 0 Å². The molecule has 0 atom stereocenters. The quantitative estimate of drug-likeness (QED) is 0.546. The zero-order chi connectivity index (χ0) is 10.8. The van der Waals surface area contributed by atoms with Gasteiger partial charge in [-0.15, -0.1) is 0 Å². The molecule has 15 heavy (non-hydrogen) atoms. The highest BCUT2D eigenvalue weighted by molar-refractivity contribution is 4.88. The summed E-state index contributed by atoms with van der Waals surface area (Å²) in [6.07, 6.45) is 11.1. The van der Waals surface area contributed by atoms with Gasteiger partial charge in [-0.3, -0.25) is 0 Å². The molecule has 2 saturated carbocycles. The van der Waals surface area contributed by atoms with Crippen molar-refractivity contribution in [3.63, 3.8) is 0 Å². The maximum absolute atomic E-state index is 5.68. The predicted octanol–water partition coefficient (Wildman–Crippen LogP) is 4.16.